The summed E-state index contributed by atoms with van der Waals surface area (Å²) in [7, 11) is 1.66. The summed E-state index contributed by atoms with van der Waals surface area (Å²) in [6.07, 6.45) is 8.78. The Bertz CT molecular complexity index is 1370. The van der Waals surface area contributed by atoms with Crippen LogP contribution in [0.2, 0.25) is 0 Å². The van der Waals surface area contributed by atoms with Crippen molar-refractivity contribution < 1.29 is 19.4 Å². The zero-order valence-electron chi connectivity index (χ0n) is 20.9. The van der Waals surface area contributed by atoms with E-state index in [0.29, 0.717) is 44.2 Å². The molecule has 0 spiro atoms. The third kappa shape index (κ3) is 5.42. The van der Waals surface area contributed by atoms with E-state index >= 15 is 0 Å². The molecule has 0 radical (unpaired) electrons. The highest BCUT2D eigenvalue weighted by molar-refractivity contribution is 5.83. The minimum Gasteiger partial charge on any atom is -0.475 e. The second-order valence-corrected chi connectivity index (χ2v) is 9.12. The maximum Gasteiger partial charge on any atom is 0.216 e. The maximum absolute atomic E-state index is 12.1. The quantitative estimate of drug-likeness (QED) is 0.367. The molecule has 0 saturated heterocycles. The number of benzene rings is 1. The van der Waals surface area contributed by atoms with Crippen molar-refractivity contribution >= 4 is 17.7 Å². The van der Waals surface area contributed by atoms with Crippen LogP contribution < -0.4 is 10.1 Å². The minimum absolute atomic E-state index is 0.0177. The topological polar surface area (TPSA) is 119 Å². The molecule has 1 amide bonds. The Morgan fingerprint density at radius 1 is 1.24 bits per heavy atom. The number of aromatic nitrogens is 5. The lowest BCUT2D eigenvalue weighted by Gasteiger charge is -2.30. The zero-order valence-corrected chi connectivity index (χ0v) is 20.9. The molecule has 37 heavy (non-hydrogen) atoms. The van der Waals surface area contributed by atoms with Gasteiger partial charge in [0, 0.05) is 55.5 Å². The van der Waals surface area contributed by atoms with Crippen LogP contribution in [0.4, 0.5) is 5.69 Å². The molecule has 194 valence electrons. The standard InChI is InChI=1S/C26H31N7O4/c1-18(36-2)9-23-16-37-25-3-5-33-26(30-25)24(14-29-33)20-10-19(21-13-28-32(15-21)7-8-34)11-22(12-20)27-4-6-31(23)17-35/h3,5,10-15,17-18,23,27,34H,4,6-9,16H2,1-2H3/t18-,23?/m0/s1. The first-order chi connectivity index (χ1) is 18.1. The summed E-state index contributed by atoms with van der Waals surface area (Å²) < 4.78 is 15.0. The molecule has 0 aliphatic carbocycles. The summed E-state index contributed by atoms with van der Waals surface area (Å²) in [5.41, 5.74) is 5.26. The molecule has 1 aromatic carbocycles. The van der Waals surface area contributed by atoms with Crippen LogP contribution in [0.5, 0.6) is 5.88 Å². The van der Waals surface area contributed by atoms with Crippen molar-refractivity contribution in [3.63, 3.8) is 0 Å². The summed E-state index contributed by atoms with van der Waals surface area (Å²) >= 11 is 0. The number of nitrogens with one attached hydrogen (secondary N) is 1. The summed E-state index contributed by atoms with van der Waals surface area (Å²) in [5, 5.41) is 21.6. The number of nitrogens with zero attached hydrogens (tertiary/aromatic N) is 6. The lowest BCUT2D eigenvalue weighted by atomic mass is 10.0. The summed E-state index contributed by atoms with van der Waals surface area (Å²) in [6, 6.07) is 7.77. The van der Waals surface area contributed by atoms with Crippen molar-refractivity contribution in [1.29, 1.82) is 0 Å². The Balaban J connectivity index is 1.57. The van der Waals surface area contributed by atoms with Crippen LogP contribution in [-0.2, 0) is 16.1 Å². The van der Waals surface area contributed by atoms with E-state index in [9.17, 15) is 9.90 Å². The number of hydrogen-bond acceptors (Lipinski definition) is 8. The van der Waals surface area contributed by atoms with Crippen molar-refractivity contribution in [2.75, 3.05) is 38.7 Å². The van der Waals surface area contributed by atoms with Gasteiger partial charge in [0.05, 0.1) is 37.7 Å². The molecular weight excluding hydrogens is 474 g/mol. The van der Waals surface area contributed by atoms with Gasteiger partial charge < -0.3 is 24.8 Å². The molecule has 4 heterocycles. The molecule has 0 saturated carbocycles. The number of carbonyl (C=O) groups is 1. The predicted molar refractivity (Wildman–Crippen MR) is 138 cm³/mol. The van der Waals surface area contributed by atoms with E-state index in [0.717, 1.165) is 34.4 Å². The third-order valence-electron chi connectivity index (χ3n) is 6.62. The number of anilines is 1. The number of methoxy groups -OCH3 is 1. The molecule has 1 aliphatic heterocycles. The van der Waals surface area contributed by atoms with E-state index in [1.54, 1.807) is 39.7 Å². The molecule has 5 rings (SSSR count). The predicted octanol–water partition coefficient (Wildman–Crippen LogP) is 2.31. The van der Waals surface area contributed by atoms with E-state index < -0.39 is 0 Å². The zero-order chi connectivity index (χ0) is 25.8. The van der Waals surface area contributed by atoms with Gasteiger partial charge in [-0.2, -0.15) is 15.2 Å². The fourth-order valence-corrected chi connectivity index (χ4v) is 4.54. The SMILES string of the molecule is CO[C@@H](C)CC1COc2ccn3ncc(c3n2)-c2cc(cc(-c3cnn(CCO)c3)c2)NCCN1C=O. The fraction of sp³-hybridized carbons (Fsp3) is 0.385. The molecule has 11 heteroatoms. The van der Waals surface area contributed by atoms with E-state index in [4.69, 9.17) is 14.5 Å². The normalized spacial score (nSPS) is 16.7. The highest BCUT2D eigenvalue weighted by Gasteiger charge is 2.22. The number of hydrogen-bond donors (Lipinski definition) is 2. The largest absolute Gasteiger partial charge is 0.475 e. The lowest BCUT2D eigenvalue weighted by Crippen LogP contribution is -2.43. The van der Waals surface area contributed by atoms with Crippen LogP contribution in [0.15, 0.2) is 49.1 Å². The first-order valence-electron chi connectivity index (χ1n) is 12.3. The number of aliphatic hydroxyl groups is 1. The van der Waals surface area contributed by atoms with Crippen molar-refractivity contribution in [2.45, 2.75) is 32.0 Å². The third-order valence-corrected chi connectivity index (χ3v) is 6.62. The van der Waals surface area contributed by atoms with Gasteiger partial charge in [-0.15, -0.1) is 0 Å². The van der Waals surface area contributed by atoms with E-state index in [-0.39, 0.29) is 18.8 Å². The van der Waals surface area contributed by atoms with Crippen LogP contribution in [-0.4, -0.2) is 86.4 Å². The lowest BCUT2D eigenvalue weighted by molar-refractivity contribution is -0.121. The van der Waals surface area contributed by atoms with Gasteiger partial charge in [0.25, 0.3) is 0 Å². The summed E-state index contributed by atoms with van der Waals surface area (Å²) in [4.78, 5) is 18.6. The Morgan fingerprint density at radius 2 is 2.11 bits per heavy atom. The first-order valence-corrected chi connectivity index (χ1v) is 12.3. The summed E-state index contributed by atoms with van der Waals surface area (Å²) in [6.45, 7) is 3.76. The van der Waals surface area contributed by atoms with E-state index in [1.807, 2.05) is 19.3 Å². The Kier molecular flexibility index (Phi) is 7.33. The first kappa shape index (κ1) is 24.7. The molecule has 0 fully saturated rings. The van der Waals surface area contributed by atoms with Gasteiger partial charge in [0.2, 0.25) is 12.3 Å². The summed E-state index contributed by atoms with van der Waals surface area (Å²) in [5.74, 6) is 0.465. The van der Waals surface area contributed by atoms with Gasteiger partial charge in [-0.3, -0.25) is 9.48 Å². The van der Waals surface area contributed by atoms with Gasteiger partial charge in [-0.25, -0.2) is 4.52 Å². The van der Waals surface area contributed by atoms with Gasteiger partial charge in [-0.05, 0) is 42.7 Å². The molecule has 4 aromatic rings. The smallest absolute Gasteiger partial charge is 0.216 e. The Morgan fingerprint density at radius 3 is 2.92 bits per heavy atom. The maximum atomic E-state index is 12.1. The van der Waals surface area contributed by atoms with Crippen LogP contribution in [0, 0.1) is 0 Å². The van der Waals surface area contributed by atoms with Crippen molar-refractivity contribution in [3.8, 4) is 28.1 Å². The van der Waals surface area contributed by atoms with E-state index in [2.05, 4.69) is 33.7 Å². The fourth-order valence-electron chi connectivity index (χ4n) is 4.54. The Labute approximate surface area is 214 Å². The number of ether oxygens (including phenoxy) is 2. The molecule has 11 nitrogen and oxygen atoms in total. The van der Waals surface area contributed by atoms with Crippen molar-refractivity contribution in [3.05, 3.63) is 49.1 Å². The second-order valence-electron chi connectivity index (χ2n) is 9.12. The second kappa shape index (κ2) is 11.0. The number of carbonyl (C=O) groups excluding carboxylic acids is 1. The van der Waals surface area contributed by atoms with Crippen molar-refractivity contribution in [2.24, 2.45) is 0 Å². The Hall–Kier alpha value is -3.96. The van der Waals surface area contributed by atoms with Crippen LogP contribution in [0.25, 0.3) is 27.9 Å². The highest BCUT2D eigenvalue weighted by Crippen LogP contribution is 2.32. The molecule has 1 aliphatic rings. The average molecular weight is 506 g/mol. The van der Waals surface area contributed by atoms with Gasteiger partial charge in [-0.1, -0.05) is 0 Å². The number of aliphatic hydroxyl groups excluding tert-OH is 1. The molecular formula is C26H31N7O4. The van der Waals surface area contributed by atoms with Crippen LogP contribution in [0.3, 0.4) is 0 Å². The molecule has 3 aromatic heterocycles. The van der Waals surface area contributed by atoms with Crippen LogP contribution >= 0.6 is 0 Å². The van der Waals surface area contributed by atoms with Gasteiger partial charge in [0.1, 0.15) is 6.61 Å². The average Bonchev–Trinajstić information content (AvgIpc) is 3.56. The number of amides is 1. The van der Waals surface area contributed by atoms with Gasteiger partial charge >= 0.3 is 0 Å². The van der Waals surface area contributed by atoms with E-state index in [1.165, 1.54) is 0 Å². The van der Waals surface area contributed by atoms with Gasteiger partial charge in [0.15, 0.2) is 5.65 Å². The molecule has 2 atom stereocenters. The molecule has 1 unspecified atom stereocenters. The van der Waals surface area contributed by atoms with Crippen molar-refractivity contribution in [1.82, 2.24) is 29.3 Å². The number of fused-ring (bicyclic) bond motifs is 4. The van der Waals surface area contributed by atoms with Crippen LogP contribution in [0.1, 0.15) is 13.3 Å². The molecule has 4 bridgehead atoms. The monoisotopic (exact) mass is 505 g/mol. The minimum atomic E-state index is -0.182. The number of rotatable bonds is 7. The highest BCUT2D eigenvalue weighted by atomic mass is 16.5. The molecule has 2 N–H and O–H groups in total.